The van der Waals surface area contributed by atoms with E-state index < -0.39 is 0 Å². The van der Waals surface area contributed by atoms with Crippen LogP contribution in [-0.2, 0) is 14.3 Å². The SMILES string of the molecule is COC(=O)C1CCOCC1CN1CCC(COc2noc3cccc(OCC4CCCC4)c23)CC1. The van der Waals surface area contributed by atoms with Gasteiger partial charge in [-0.1, -0.05) is 18.9 Å². The summed E-state index contributed by atoms with van der Waals surface area (Å²) < 4.78 is 28.6. The Morgan fingerprint density at radius 2 is 1.83 bits per heavy atom. The highest BCUT2D eigenvalue weighted by Crippen LogP contribution is 2.35. The Balaban J connectivity index is 1.12. The van der Waals surface area contributed by atoms with E-state index in [2.05, 4.69) is 10.1 Å². The summed E-state index contributed by atoms with van der Waals surface area (Å²) in [4.78, 5) is 14.6. The molecule has 0 bridgehead atoms. The smallest absolute Gasteiger partial charge is 0.309 e. The van der Waals surface area contributed by atoms with Gasteiger partial charge in [0, 0.05) is 19.1 Å². The zero-order valence-electron chi connectivity index (χ0n) is 20.8. The summed E-state index contributed by atoms with van der Waals surface area (Å²) in [5, 5.41) is 5.04. The van der Waals surface area contributed by atoms with Gasteiger partial charge in [0.2, 0.25) is 0 Å². The minimum absolute atomic E-state index is 0.0552. The van der Waals surface area contributed by atoms with Gasteiger partial charge in [-0.05, 0) is 74.3 Å². The number of carbonyl (C=O) groups excluding carboxylic acids is 1. The molecule has 3 heterocycles. The Labute approximate surface area is 207 Å². The second kappa shape index (κ2) is 11.6. The number of aromatic nitrogens is 1. The Kier molecular flexibility index (Phi) is 8.09. The molecular weight excluding hydrogens is 448 g/mol. The van der Waals surface area contributed by atoms with Crippen LogP contribution in [-0.4, -0.2) is 69.2 Å². The lowest BCUT2D eigenvalue weighted by Crippen LogP contribution is -2.44. The van der Waals surface area contributed by atoms with Crippen LogP contribution in [0, 0.1) is 23.7 Å². The first-order valence-corrected chi connectivity index (χ1v) is 13.2. The topological polar surface area (TPSA) is 83.3 Å². The molecule has 2 atom stereocenters. The molecule has 0 amide bonds. The quantitative estimate of drug-likeness (QED) is 0.485. The lowest BCUT2D eigenvalue weighted by atomic mass is 9.87. The lowest BCUT2D eigenvalue weighted by molar-refractivity contribution is -0.152. The first-order valence-electron chi connectivity index (χ1n) is 13.2. The highest BCUT2D eigenvalue weighted by atomic mass is 16.5. The zero-order chi connectivity index (χ0) is 24.0. The Hall–Kier alpha value is -2.32. The number of hydrogen-bond donors (Lipinski definition) is 0. The van der Waals surface area contributed by atoms with Crippen molar-refractivity contribution in [2.75, 3.05) is 53.2 Å². The van der Waals surface area contributed by atoms with Crippen LogP contribution in [0.3, 0.4) is 0 Å². The van der Waals surface area contributed by atoms with Gasteiger partial charge < -0.3 is 28.4 Å². The van der Waals surface area contributed by atoms with E-state index in [1.165, 1.54) is 32.8 Å². The number of ether oxygens (including phenoxy) is 4. The molecule has 3 aliphatic rings. The fourth-order valence-corrected chi connectivity index (χ4v) is 5.84. The number of likely N-dealkylation sites (tertiary alicyclic amines) is 1. The predicted octanol–water partition coefficient (Wildman–Crippen LogP) is 4.31. The van der Waals surface area contributed by atoms with Crippen molar-refractivity contribution in [1.82, 2.24) is 10.1 Å². The van der Waals surface area contributed by atoms with E-state index in [9.17, 15) is 4.79 Å². The Morgan fingerprint density at radius 3 is 2.63 bits per heavy atom. The predicted molar refractivity (Wildman–Crippen MR) is 131 cm³/mol. The average molecular weight is 487 g/mol. The van der Waals surface area contributed by atoms with Crippen molar-refractivity contribution in [2.45, 2.75) is 44.9 Å². The molecule has 1 aromatic carbocycles. The van der Waals surface area contributed by atoms with Gasteiger partial charge in [0.25, 0.3) is 5.88 Å². The highest BCUT2D eigenvalue weighted by molar-refractivity contribution is 5.88. The van der Waals surface area contributed by atoms with Crippen LogP contribution in [0.15, 0.2) is 22.7 Å². The molecule has 0 N–H and O–H groups in total. The molecule has 1 saturated carbocycles. The van der Waals surface area contributed by atoms with Crippen LogP contribution in [0.25, 0.3) is 11.0 Å². The van der Waals surface area contributed by atoms with E-state index in [1.807, 2.05) is 18.2 Å². The molecule has 5 rings (SSSR count). The van der Waals surface area contributed by atoms with Gasteiger partial charge in [0.1, 0.15) is 11.1 Å². The Morgan fingerprint density at radius 1 is 1.06 bits per heavy atom. The van der Waals surface area contributed by atoms with Gasteiger partial charge >= 0.3 is 5.97 Å². The number of benzene rings is 1. The molecule has 0 radical (unpaired) electrons. The van der Waals surface area contributed by atoms with E-state index in [0.29, 0.717) is 43.1 Å². The fourth-order valence-electron chi connectivity index (χ4n) is 5.84. The molecule has 192 valence electrons. The van der Waals surface area contributed by atoms with Crippen LogP contribution >= 0.6 is 0 Å². The molecule has 1 aromatic heterocycles. The van der Waals surface area contributed by atoms with E-state index in [4.69, 9.17) is 23.5 Å². The summed E-state index contributed by atoms with van der Waals surface area (Å²) in [5.74, 6) is 2.48. The summed E-state index contributed by atoms with van der Waals surface area (Å²) in [6, 6.07) is 5.84. The monoisotopic (exact) mass is 486 g/mol. The minimum Gasteiger partial charge on any atom is -0.492 e. The molecular formula is C27H38N2O6. The van der Waals surface area contributed by atoms with Gasteiger partial charge in [0.05, 0.1) is 32.8 Å². The number of methoxy groups -OCH3 is 1. The third-order valence-electron chi connectivity index (χ3n) is 8.01. The van der Waals surface area contributed by atoms with Crippen molar-refractivity contribution in [3.63, 3.8) is 0 Å². The summed E-state index contributed by atoms with van der Waals surface area (Å²) in [6.45, 7) is 5.49. The second-order valence-corrected chi connectivity index (χ2v) is 10.4. The van der Waals surface area contributed by atoms with E-state index in [-0.39, 0.29) is 17.8 Å². The molecule has 35 heavy (non-hydrogen) atoms. The Bertz CT molecular complexity index is 964. The van der Waals surface area contributed by atoms with Crippen LogP contribution in [0.4, 0.5) is 0 Å². The molecule has 2 unspecified atom stereocenters. The minimum atomic E-state index is -0.104. The standard InChI is InChI=1S/C27H38N2O6/c1-31-27(30)22-11-14-32-18-21(22)15-29-12-9-20(10-13-29)17-34-26-25-23(7-4-8-24(25)35-28-26)33-16-19-5-2-3-6-19/h4,7-8,19-22H,2-3,5-6,9-18H2,1H3. The molecule has 8 heteroatoms. The maximum absolute atomic E-state index is 12.2. The number of esters is 1. The van der Waals surface area contributed by atoms with Crippen LogP contribution < -0.4 is 9.47 Å². The molecule has 3 fully saturated rings. The number of fused-ring (bicyclic) bond motifs is 1. The van der Waals surface area contributed by atoms with E-state index in [0.717, 1.165) is 56.6 Å². The highest BCUT2D eigenvalue weighted by Gasteiger charge is 2.34. The molecule has 2 saturated heterocycles. The molecule has 0 spiro atoms. The summed E-state index contributed by atoms with van der Waals surface area (Å²) in [7, 11) is 1.48. The summed E-state index contributed by atoms with van der Waals surface area (Å²) in [5.41, 5.74) is 0.702. The molecule has 2 aromatic rings. The summed E-state index contributed by atoms with van der Waals surface area (Å²) >= 11 is 0. The van der Waals surface area contributed by atoms with Crippen molar-refractivity contribution in [3.05, 3.63) is 18.2 Å². The maximum Gasteiger partial charge on any atom is 0.309 e. The second-order valence-electron chi connectivity index (χ2n) is 10.4. The van der Waals surface area contributed by atoms with Gasteiger partial charge in [-0.25, -0.2) is 0 Å². The maximum atomic E-state index is 12.2. The average Bonchev–Trinajstić information content (AvgIpc) is 3.57. The van der Waals surface area contributed by atoms with E-state index in [1.54, 1.807) is 0 Å². The van der Waals surface area contributed by atoms with Crippen molar-refractivity contribution in [3.8, 4) is 11.6 Å². The number of nitrogens with zero attached hydrogens (tertiary/aromatic N) is 2. The van der Waals surface area contributed by atoms with Crippen molar-refractivity contribution >= 4 is 16.9 Å². The van der Waals surface area contributed by atoms with Crippen molar-refractivity contribution in [2.24, 2.45) is 23.7 Å². The van der Waals surface area contributed by atoms with Crippen molar-refractivity contribution in [1.29, 1.82) is 0 Å². The third-order valence-corrected chi connectivity index (χ3v) is 8.01. The normalized spacial score (nSPS) is 24.6. The van der Waals surface area contributed by atoms with Crippen LogP contribution in [0.2, 0.25) is 0 Å². The van der Waals surface area contributed by atoms with Gasteiger partial charge in [0.15, 0.2) is 5.58 Å². The van der Waals surface area contributed by atoms with Gasteiger partial charge in [-0.15, -0.1) is 0 Å². The first-order chi connectivity index (χ1) is 17.2. The first kappa shape index (κ1) is 24.4. The number of carbonyl (C=O) groups is 1. The fraction of sp³-hybridized carbons (Fsp3) is 0.704. The van der Waals surface area contributed by atoms with Crippen LogP contribution in [0.5, 0.6) is 11.6 Å². The van der Waals surface area contributed by atoms with E-state index >= 15 is 0 Å². The molecule has 2 aliphatic heterocycles. The number of hydrogen-bond acceptors (Lipinski definition) is 8. The molecule has 1 aliphatic carbocycles. The van der Waals surface area contributed by atoms with Gasteiger partial charge in [-0.3, -0.25) is 4.79 Å². The van der Waals surface area contributed by atoms with Crippen LogP contribution in [0.1, 0.15) is 44.9 Å². The van der Waals surface area contributed by atoms with Crippen molar-refractivity contribution < 1.29 is 28.3 Å². The summed E-state index contributed by atoms with van der Waals surface area (Å²) in [6.07, 6.45) is 7.96. The number of piperidine rings is 1. The lowest BCUT2D eigenvalue weighted by Gasteiger charge is -2.37. The number of rotatable bonds is 9. The third kappa shape index (κ3) is 5.92. The van der Waals surface area contributed by atoms with Gasteiger partial charge in [-0.2, -0.15) is 0 Å². The molecule has 8 nitrogen and oxygen atoms in total. The zero-order valence-corrected chi connectivity index (χ0v) is 20.8. The largest absolute Gasteiger partial charge is 0.492 e.